The van der Waals surface area contributed by atoms with E-state index in [-0.39, 0.29) is 17.7 Å². The Labute approximate surface area is 208 Å². The maximum Gasteiger partial charge on any atom is 0.275 e. The van der Waals surface area contributed by atoms with E-state index in [9.17, 15) is 9.59 Å². The van der Waals surface area contributed by atoms with E-state index in [2.05, 4.69) is 22.0 Å². The van der Waals surface area contributed by atoms with Gasteiger partial charge in [0.15, 0.2) is 0 Å². The summed E-state index contributed by atoms with van der Waals surface area (Å²) >= 11 is 3.05. The standard InChI is InChI=1S/C25H23N5O3S2/c1-3-19-29-30-20(31)11-15(26-25(30)35-19)12-33-16-7-5-14(6-8-16)22-27-23(32)21-17-9-4-13(2)10-18(17)34-24(21)28-22/h5-8,11,13H,3-4,9-10,12H2,1-2H3,(H,27,28,32)/t13-/m1/s1. The highest BCUT2D eigenvalue weighted by atomic mass is 32.1. The van der Waals surface area contributed by atoms with Crippen LogP contribution in [-0.4, -0.2) is 24.6 Å². The SMILES string of the molecule is CCc1nn2c(=O)cc(COc3ccc(-c4nc5sc6c(c5c(=O)[nH]4)CC[C@@H](C)C6)cc3)nc2s1. The van der Waals surface area contributed by atoms with Gasteiger partial charge in [-0.15, -0.1) is 11.3 Å². The van der Waals surface area contributed by atoms with E-state index >= 15 is 0 Å². The topological polar surface area (TPSA) is 102 Å². The number of benzene rings is 1. The van der Waals surface area contributed by atoms with Gasteiger partial charge in [0.1, 0.15) is 28.0 Å². The van der Waals surface area contributed by atoms with Gasteiger partial charge in [-0.2, -0.15) is 9.61 Å². The number of aryl methyl sites for hydroxylation is 2. The summed E-state index contributed by atoms with van der Waals surface area (Å²) in [5, 5.41) is 5.89. The van der Waals surface area contributed by atoms with Crippen molar-refractivity contribution in [3.05, 3.63) is 72.2 Å². The molecule has 0 spiro atoms. The molecule has 6 rings (SSSR count). The van der Waals surface area contributed by atoms with Crippen LogP contribution in [0.1, 0.15) is 41.4 Å². The number of H-pyrrole nitrogens is 1. The van der Waals surface area contributed by atoms with E-state index < -0.39 is 0 Å². The zero-order valence-electron chi connectivity index (χ0n) is 19.3. The van der Waals surface area contributed by atoms with Crippen LogP contribution in [0.15, 0.2) is 39.9 Å². The molecule has 0 radical (unpaired) electrons. The molecular formula is C25H23N5O3S2. The van der Waals surface area contributed by atoms with Gasteiger partial charge in [-0.1, -0.05) is 25.2 Å². The average molecular weight is 506 g/mol. The summed E-state index contributed by atoms with van der Waals surface area (Å²) in [5.74, 6) is 1.84. The zero-order valence-corrected chi connectivity index (χ0v) is 21.0. The molecule has 0 aliphatic heterocycles. The molecule has 0 unspecified atom stereocenters. The van der Waals surface area contributed by atoms with Gasteiger partial charge in [0.2, 0.25) is 4.96 Å². The van der Waals surface area contributed by atoms with Crippen molar-refractivity contribution in [2.45, 2.75) is 46.1 Å². The van der Waals surface area contributed by atoms with Crippen LogP contribution in [-0.2, 0) is 25.9 Å². The molecule has 0 bridgehead atoms. The predicted octanol–water partition coefficient (Wildman–Crippen LogP) is 4.38. The Hall–Kier alpha value is -3.37. The quantitative estimate of drug-likeness (QED) is 0.380. The number of thiophene rings is 1. The number of hydrogen-bond donors (Lipinski definition) is 1. The van der Waals surface area contributed by atoms with Crippen LogP contribution in [0.2, 0.25) is 0 Å². The van der Waals surface area contributed by atoms with Crippen molar-refractivity contribution >= 4 is 37.9 Å². The Morgan fingerprint density at radius 1 is 1.17 bits per heavy atom. The number of aromatic amines is 1. The largest absolute Gasteiger partial charge is 0.487 e. The fourth-order valence-electron chi connectivity index (χ4n) is 4.46. The van der Waals surface area contributed by atoms with Gasteiger partial charge < -0.3 is 9.72 Å². The summed E-state index contributed by atoms with van der Waals surface area (Å²) in [7, 11) is 0. The lowest BCUT2D eigenvalue weighted by Crippen LogP contribution is -2.16. The van der Waals surface area contributed by atoms with Gasteiger partial charge in [0.05, 0.1) is 11.1 Å². The molecule has 0 fully saturated rings. The predicted molar refractivity (Wildman–Crippen MR) is 138 cm³/mol. The Balaban J connectivity index is 1.22. The lowest BCUT2D eigenvalue weighted by Gasteiger charge is -2.17. The van der Waals surface area contributed by atoms with Gasteiger partial charge in [0, 0.05) is 16.5 Å². The minimum Gasteiger partial charge on any atom is -0.487 e. The van der Waals surface area contributed by atoms with Crippen LogP contribution in [0, 0.1) is 5.92 Å². The molecule has 5 aromatic rings. The molecule has 1 atom stereocenters. The molecule has 35 heavy (non-hydrogen) atoms. The molecule has 4 heterocycles. The summed E-state index contributed by atoms with van der Waals surface area (Å²) in [6, 6.07) is 8.85. The highest BCUT2D eigenvalue weighted by Gasteiger charge is 2.23. The molecule has 178 valence electrons. The van der Waals surface area contributed by atoms with Crippen LogP contribution in [0.3, 0.4) is 0 Å². The molecule has 1 aliphatic rings. The lowest BCUT2D eigenvalue weighted by molar-refractivity contribution is 0.301. The maximum absolute atomic E-state index is 12.9. The summed E-state index contributed by atoms with van der Waals surface area (Å²) < 4.78 is 7.19. The third kappa shape index (κ3) is 4.06. The molecule has 0 saturated heterocycles. The molecule has 0 saturated carbocycles. The first-order valence-corrected chi connectivity index (χ1v) is 13.3. The van der Waals surface area contributed by atoms with Gasteiger partial charge in [-0.3, -0.25) is 9.59 Å². The van der Waals surface area contributed by atoms with Crippen molar-refractivity contribution in [2.24, 2.45) is 5.92 Å². The highest BCUT2D eigenvalue weighted by Crippen LogP contribution is 2.36. The molecular weight excluding hydrogens is 482 g/mol. The number of fused-ring (bicyclic) bond motifs is 4. The van der Waals surface area contributed by atoms with Gasteiger partial charge in [0.25, 0.3) is 11.1 Å². The smallest absolute Gasteiger partial charge is 0.275 e. The van der Waals surface area contributed by atoms with Gasteiger partial charge >= 0.3 is 0 Å². The molecule has 8 nitrogen and oxygen atoms in total. The molecule has 1 aromatic carbocycles. The number of hydrogen-bond acceptors (Lipinski definition) is 8. The van der Waals surface area contributed by atoms with Crippen LogP contribution in [0.4, 0.5) is 0 Å². The second-order valence-electron chi connectivity index (χ2n) is 8.89. The fraction of sp³-hybridized carbons (Fsp3) is 0.320. The maximum atomic E-state index is 12.9. The van der Waals surface area contributed by atoms with Crippen molar-refractivity contribution in [2.75, 3.05) is 0 Å². The second kappa shape index (κ2) is 8.69. The van der Waals surface area contributed by atoms with E-state index in [1.54, 1.807) is 11.3 Å². The third-order valence-corrected chi connectivity index (χ3v) is 8.52. The molecule has 1 N–H and O–H groups in total. The normalized spacial score (nSPS) is 15.5. The van der Waals surface area contributed by atoms with Gasteiger partial charge in [-0.05, 0) is 61.4 Å². The fourth-order valence-corrected chi connectivity index (χ4v) is 6.71. The Bertz CT molecular complexity index is 1680. The number of nitrogens with one attached hydrogen (secondary N) is 1. The van der Waals surface area contributed by atoms with E-state index in [0.29, 0.717) is 28.1 Å². The third-order valence-electron chi connectivity index (χ3n) is 6.32. The van der Waals surface area contributed by atoms with Crippen LogP contribution in [0.25, 0.3) is 26.6 Å². The van der Waals surface area contributed by atoms with E-state index in [0.717, 1.165) is 46.5 Å². The monoisotopic (exact) mass is 505 g/mol. The van der Waals surface area contributed by atoms with Gasteiger partial charge in [-0.25, -0.2) is 9.97 Å². The average Bonchev–Trinajstić information content (AvgIpc) is 3.44. The van der Waals surface area contributed by atoms with Crippen LogP contribution < -0.4 is 15.9 Å². The zero-order chi connectivity index (χ0) is 24.1. The summed E-state index contributed by atoms with van der Waals surface area (Å²) in [5.41, 5.74) is 2.26. The van der Waals surface area contributed by atoms with Crippen LogP contribution in [0.5, 0.6) is 5.75 Å². The molecule has 0 amide bonds. The van der Waals surface area contributed by atoms with Crippen LogP contribution >= 0.6 is 22.7 Å². The van der Waals surface area contributed by atoms with E-state index in [1.807, 2.05) is 31.2 Å². The number of ether oxygens (including phenoxy) is 1. The minimum atomic E-state index is -0.213. The summed E-state index contributed by atoms with van der Waals surface area (Å²) in [4.78, 5) is 40.1. The first kappa shape index (κ1) is 22.1. The number of aromatic nitrogens is 5. The molecule has 10 heteroatoms. The van der Waals surface area contributed by atoms with Crippen molar-refractivity contribution in [3.63, 3.8) is 0 Å². The molecule has 1 aliphatic carbocycles. The van der Waals surface area contributed by atoms with Crippen molar-refractivity contribution in [1.82, 2.24) is 24.6 Å². The Kier molecular flexibility index (Phi) is 5.49. The molecule has 4 aromatic heterocycles. The number of rotatable bonds is 5. The van der Waals surface area contributed by atoms with Crippen molar-refractivity contribution in [3.8, 4) is 17.1 Å². The Morgan fingerprint density at radius 2 is 2.00 bits per heavy atom. The second-order valence-corrected chi connectivity index (χ2v) is 11.0. The Morgan fingerprint density at radius 3 is 2.80 bits per heavy atom. The summed E-state index contributed by atoms with van der Waals surface area (Å²) in [6.07, 6.45) is 3.84. The number of nitrogens with zero attached hydrogens (tertiary/aromatic N) is 4. The first-order valence-electron chi connectivity index (χ1n) is 11.6. The minimum absolute atomic E-state index is 0.0700. The first-order chi connectivity index (χ1) is 17.0. The lowest BCUT2D eigenvalue weighted by atomic mass is 9.89. The summed E-state index contributed by atoms with van der Waals surface area (Å²) in [6.45, 7) is 4.42. The van der Waals surface area contributed by atoms with Crippen molar-refractivity contribution in [1.29, 1.82) is 0 Å². The van der Waals surface area contributed by atoms with Crippen molar-refractivity contribution < 1.29 is 4.74 Å². The van der Waals surface area contributed by atoms with E-state index in [4.69, 9.17) is 9.72 Å². The van der Waals surface area contributed by atoms with E-state index in [1.165, 1.54) is 32.4 Å². The highest BCUT2D eigenvalue weighted by molar-refractivity contribution is 7.18.